The van der Waals surface area contributed by atoms with Crippen LogP contribution in [0.5, 0.6) is 0 Å². The molecule has 5 nitrogen and oxygen atoms in total. The average molecular weight is 365 g/mol. The first-order valence-corrected chi connectivity index (χ1v) is 10.3. The minimum atomic E-state index is -0.951. The Balaban J connectivity index is 4.28. The summed E-state index contributed by atoms with van der Waals surface area (Å²) < 4.78 is 11.1. The summed E-state index contributed by atoms with van der Waals surface area (Å²) in [4.78, 5) is 23.7. The zero-order valence-electron chi connectivity index (χ0n) is 15.6. The Morgan fingerprint density at radius 1 is 1.13 bits per heavy atom. The zero-order chi connectivity index (χ0) is 18.2. The molecule has 0 aliphatic heterocycles. The van der Waals surface area contributed by atoms with E-state index in [0.717, 1.165) is 0 Å². The Kier molecular flexibility index (Phi) is 10.6. The van der Waals surface area contributed by atoms with E-state index in [1.54, 1.807) is 6.92 Å². The standard InChI is InChI=1S/C16H32NO4PS/c1-11(2)21-14(18)13(5)17-22(12(3)4)20-9-10-23-15(19)16(6,7)8/h11-13,17H,9-10H2,1-8H3. The van der Waals surface area contributed by atoms with E-state index in [1.807, 2.05) is 48.5 Å². The number of hydrogen-bond donors (Lipinski definition) is 1. The van der Waals surface area contributed by atoms with E-state index < -0.39 is 14.3 Å². The quantitative estimate of drug-likeness (QED) is 0.379. The van der Waals surface area contributed by atoms with E-state index in [9.17, 15) is 9.59 Å². The molecule has 0 fully saturated rings. The van der Waals surface area contributed by atoms with Crippen molar-refractivity contribution in [2.24, 2.45) is 5.41 Å². The number of hydrogen-bond acceptors (Lipinski definition) is 6. The molecule has 2 unspecified atom stereocenters. The van der Waals surface area contributed by atoms with Gasteiger partial charge in [0.1, 0.15) is 14.3 Å². The molecule has 0 aromatic carbocycles. The lowest BCUT2D eigenvalue weighted by molar-refractivity contribution is -0.148. The van der Waals surface area contributed by atoms with Crippen molar-refractivity contribution in [2.75, 3.05) is 12.4 Å². The smallest absolute Gasteiger partial charge is 0.323 e. The summed E-state index contributed by atoms with van der Waals surface area (Å²) in [5.41, 5.74) is -0.0662. The lowest BCUT2D eigenvalue weighted by Gasteiger charge is -2.25. The zero-order valence-corrected chi connectivity index (χ0v) is 17.3. The largest absolute Gasteiger partial charge is 0.462 e. The van der Waals surface area contributed by atoms with E-state index in [0.29, 0.717) is 12.4 Å². The number of carbonyl (C=O) groups excluding carboxylic acids is 2. The second-order valence-electron chi connectivity index (χ2n) is 6.98. The molecule has 136 valence electrons. The van der Waals surface area contributed by atoms with Crippen molar-refractivity contribution >= 4 is 31.1 Å². The summed E-state index contributed by atoms with van der Waals surface area (Å²) in [6, 6.07) is -0.408. The SMILES string of the molecule is CC(C)OC(=O)C(C)NP(OCCSC(=O)C(C)(C)C)C(C)C. The van der Waals surface area contributed by atoms with E-state index in [-0.39, 0.29) is 28.3 Å². The van der Waals surface area contributed by atoms with Gasteiger partial charge in [-0.25, -0.2) is 0 Å². The van der Waals surface area contributed by atoms with Crippen LogP contribution < -0.4 is 5.09 Å². The number of rotatable bonds is 9. The van der Waals surface area contributed by atoms with E-state index in [4.69, 9.17) is 9.26 Å². The molecule has 0 spiro atoms. The maximum atomic E-state index is 11.9. The number of carbonyl (C=O) groups is 2. The van der Waals surface area contributed by atoms with Crippen LogP contribution in [0.2, 0.25) is 0 Å². The van der Waals surface area contributed by atoms with Crippen LogP contribution in [0.25, 0.3) is 0 Å². The first-order valence-electron chi connectivity index (χ1n) is 8.01. The van der Waals surface area contributed by atoms with Crippen molar-refractivity contribution in [2.45, 2.75) is 73.2 Å². The van der Waals surface area contributed by atoms with Gasteiger partial charge in [0.25, 0.3) is 0 Å². The Bertz CT molecular complexity index is 383. The molecule has 0 rings (SSSR count). The van der Waals surface area contributed by atoms with Gasteiger partial charge in [-0.05, 0) is 20.8 Å². The number of ether oxygens (including phenoxy) is 1. The molecule has 0 aromatic rings. The minimum absolute atomic E-state index is 0.127. The van der Waals surface area contributed by atoms with Gasteiger partial charge in [-0.2, -0.15) is 0 Å². The van der Waals surface area contributed by atoms with Crippen LogP contribution in [-0.2, 0) is 18.8 Å². The highest BCUT2D eigenvalue weighted by Crippen LogP contribution is 2.38. The van der Waals surface area contributed by atoms with Crippen molar-refractivity contribution in [1.29, 1.82) is 0 Å². The monoisotopic (exact) mass is 365 g/mol. The first-order chi connectivity index (χ1) is 10.4. The second kappa shape index (κ2) is 10.7. The van der Waals surface area contributed by atoms with Gasteiger partial charge in [-0.3, -0.25) is 14.7 Å². The summed E-state index contributed by atoms with van der Waals surface area (Å²) in [6.07, 6.45) is -0.127. The summed E-state index contributed by atoms with van der Waals surface area (Å²) in [7, 11) is -0.951. The third-order valence-corrected chi connectivity index (χ3v) is 5.94. The third-order valence-electron chi connectivity index (χ3n) is 2.65. The highest BCUT2D eigenvalue weighted by Gasteiger charge is 2.24. The van der Waals surface area contributed by atoms with E-state index in [2.05, 4.69) is 5.09 Å². The Morgan fingerprint density at radius 2 is 1.70 bits per heavy atom. The molecule has 0 saturated carbocycles. The molecule has 0 radical (unpaired) electrons. The maximum Gasteiger partial charge on any atom is 0.323 e. The average Bonchev–Trinajstić information content (AvgIpc) is 2.39. The van der Waals surface area contributed by atoms with Crippen LogP contribution in [0.4, 0.5) is 0 Å². The second-order valence-corrected chi connectivity index (χ2v) is 10.2. The van der Waals surface area contributed by atoms with Crippen LogP contribution in [0, 0.1) is 5.41 Å². The van der Waals surface area contributed by atoms with Gasteiger partial charge in [0, 0.05) is 16.8 Å². The molecule has 0 aromatic heterocycles. The van der Waals surface area contributed by atoms with Gasteiger partial charge in [-0.1, -0.05) is 46.4 Å². The lowest BCUT2D eigenvalue weighted by atomic mass is 10.00. The third kappa shape index (κ3) is 10.3. The highest BCUT2D eigenvalue weighted by molar-refractivity contribution is 8.13. The molecule has 0 bridgehead atoms. The van der Waals surface area contributed by atoms with Crippen LogP contribution in [0.3, 0.4) is 0 Å². The van der Waals surface area contributed by atoms with Gasteiger partial charge < -0.3 is 9.26 Å². The summed E-state index contributed by atoms with van der Waals surface area (Å²) in [5, 5.41) is 3.38. The van der Waals surface area contributed by atoms with Crippen molar-refractivity contribution in [3.05, 3.63) is 0 Å². The van der Waals surface area contributed by atoms with Crippen LogP contribution in [0.15, 0.2) is 0 Å². The molecule has 0 aliphatic rings. The van der Waals surface area contributed by atoms with E-state index in [1.165, 1.54) is 11.8 Å². The van der Waals surface area contributed by atoms with Crippen molar-refractivity contribution in [1.82, 2.24) is 5.09 Å². The first kappa shape index (κ1) is 22.8. The molecule has 0 amide bonds. The molecule has 0 heterocycles. The van der Waals surface area contributed by atoms with Gasteiger partial charge in [0.15, 0.2) is 5.12 Å². The Labute approximate surface area is 146 Å². The molecule has 0 aliphatic carbocycles. The number of esters is 1. The molecule has 7 heteroatoms. The van der Waals surface area contributed by atoms with Gasteiger partial charge in [0.2, 0.25) is 0 Å². The van der Waals surface area contributed by atoms with Crippen LogP contribution >= 0.6 is 20.1 Å². The fourth-order valence-electron chi connectivity index (χ4n) is 1.40. The predicted molar refractivity (Wildman–Crippen MR) is 98.8 cm³/mol. The fraction of sp³-hybridized carbons (Fsp3) is 0.875. The van der Waals surface area contributed by atoms with Gasteiger partial charge in [0.05, 0.1) is 12.7 Å². The normalized spacial score (nSPS) is 14.9. The number of thioether (sulfide) groups is 1. The lowest BCUT2D eigenvalue weighted by Crippen LogP contribution is -2.35. The molecular formula is C16H32NO4PS. The van der Waals surface area contributed by atoms with Crippen LogP contribution in [-0.4, -0.2) is 41.2 Å². The van der Waals surface area contributed by atoms with Crippen LogP contribution in [0.1, 0.15) is 55.4 Å². The van der Waals surface area contributed by atoms with Gasteiger partial charge >= 0.3 is 5.97 Å². The molecule has 0 saturated heterocycles. The Morgan fingerprint density at radius 3 is 2.13 bits per heavy atom. The molecule has 1 N–H and O–H groups in total. The number of nitrogens with one attached hydrogen (secondary N) is 1. The van der Waals surface area contributed by atoms with E-state index >= 15 is 0 Å². The summed E-state index contributed by atoms with van der Waals surface area (Å²) in [5.74, 6) is 0.350. The summed E-state index contributed by atoms with van der Waals surface area (Å²) >= 11 is 1.30. The topological polar surface area (TPSA) is 64.6 Å². The predicted octanol–water partition coefficient (Wildman–Crippen LogP) is 3.96. The molecule has 2 atom stereocenters. The Hall–Kier alpha value is -0.160. The summed E-state index contributed by atoms with van der Waals surface area (Å²) in [6.45, 7) is 15.7. The molecule has 23 heavy (non-hydrogen) atoms. The van der Waals surface area contributed by atoms with Crippen molar-refractivity contribution < 1.29 is 18.8 Å². The van der Waals surface area contributed by atoms with Gasteiger partial charge in [-0.15, -0.1) is 0 Å². The fourth-order valence-corrected chi connectivity index (χ4v) is 3.75. The maximum absolute atomic E-state index is 11.9. The molecular weight excluding hydrogens is 333 g/mol. The van der Waals surface area contributed by atoms with Crippen molar-refractivity contribution in [3.63, 3.8) is 0 Å². The van der Waals surface area contributed by atoms with Crippen molar-refractivity contribution in [3.8, 4) is 0 Å². The minimum Gasteiger partial charge on any atom is -0.462 e. The highest BCUT2D eigenvalue weighted by atomic mass is 32.2.